The van der Waals surface area contributed by atoms with Crippen LogP contribution < -0.4 is 5.32 Å². The summed E-state index contributed by atoms with van der Waals surface area (Å²) < 4.78 is 4.69. The Morgan fingerprint density at radius 3 is 2.94 bits per heavy atom. The van der Waals surface area contributed by atoms with Gasteiger partial charge in [0.1, 0.15) is 0 Å². The van der Waals surface area contributed by atoms with Crippen molar-refractivity contribution in [2.24, 2.45) is 0 Å². The average Bonchev–Trinajstić information content (AvgIpc) is 2.38. The first kappa shape index (κ1) is 14.6. The Morgan fingerprint density at radius 2 is 2.33 bits per heavy atom. The van der Waals surface area contributed by atoms with E-state index in [2.05, 4.69) is 15.0 Å². The third kappa shape index (κ3) is 4.09. The summed E-state index contributed by atoms with van der Waals surface area (Å²) in [5, 5.41) is 12.9. The molecule has 1 aromatic rings. The molecule has 1 heterocycles. The zero-order valence-electron chi connectivity index (χ0n) is 11.1. The van der Waals surface area contributed by atoms with Crippen LogP contribution in [0.15, 0.2) is 18.3 Å². The highest BCUT2D eigenvalue weighted by atomic mass is 16.5. The summed E-state index contributed by atoms with van der Waals surface area (Å²) in [7, 11) is 1.34. The maximum atomic E-state index is 11.5. The molecule has 5 nitrogen and oxygen atoms in total. The van der Waals surface area contributed by atoms with Gasteiger partial charge < -0.3 is 15.2 Å². The van der Waals surface area contributed by atoms with Gasteiger partial charge in [-0.3, -0.25) is 4.98 Å². The molecule has 0 amide bonds. The normalized spacial score (nSPS) is 14.0. The molecule has 1 unspecified atom stereocenters. The highest BCUT2D eigenvalue weighted by Gasteiger charge is 2.17. The molecule has 1 aromatic heterocycles. The van der Waals surface area contributed by atoms with Crippen LogP contribution in [0.4, 0.5) is 0 Å². The molecule has 0 aromatic carbocycles. The summed E-state index contributed by atoms with van der Waals surface area (Å²) in [5.41, 5.74) is 0.320. The molecular formula is C13H20N2O3. The molecule has 0 aliphatic heterocycles. The van der Waals surface area contributed by atoms with Gasteiger partial charge in [-0.25, -0.2) is 4.79 Å². The van der Waals surface area contributed by atoms with E-state index < -0.39 is 11.6 Å². The van der Waals surface area contributed by atoms with Crippen LogP contribution >= 0.6 is 0 Å². The Kier molecular flexibility index (Phi) is 5.25. The standard InChI is InChI=1S/C13H20N2O3/c1-4-13(2,17)9-14-8-11-10(12(16)18-3)6-5-7-15-11/h5-7,14,17H,4,8-9H2,1-3H3. The van der Waals surface area contributed by atoms with Crippen molar-refractivity contribution in [3.8, 4) is 0 Å². The second-order valence-corrected chi connectivity index (χ2v) is 4.44. The largest absolute Gasteiger partial charge is 0.465 e. The van der Waals surface area contributed by atoms with E-state index in [0.29, 0.717) is 30.8 Å². The van der Waals surface area contributed by atoms with E-state index in [4.69, 9.17) is 0 Å². The van der Waals surface area contributed by atoms with Gasteiger partial charge in [0.25, 0.3) is 0 Å². The maximum absolute atomic E-state index is 11.5. The van der Waals surface area contributed by atoms with Crippen LogP contribution in [0.1, 0.15) is 36.3 Å². The number of nitrogens with zero attached hydrogens (tertiary/aromatic N) is 1. The van der Waals surface area contributed by atoms with Gasteiger partial charge in [-0.2, -0.15) is 0 Å². The lowest BCUT2D eigenvalue weighted by atomic mass is 10.0. The first-order chi connectivity index (χ1) is 8.50. The number of methoxy groups -OCH3 is 1. The monoisotopic (exact) mass is 252 g/mol. The van der Waals surface area contributed by atoms with Gasteiger partial charge in [-0.15, -0.1) is 0 Å². The lowest BCUT2D eigenvalue weighted by Gasteiger charge is -2.21. The number of pyridine rings is 1. The summed E-state index contributed by atoms with van der Waals surface area (Å²) in [5.74, 6) is -0.401. The molecule has 0 saturated heterocycles. The number of rotatable bonds is 6. The smallest absolute Gasteiger partial charge is 0.339 e. The number of aromatic nitrogens is 1. The van der Waals surface area contributed by atoms with E-state index >= 15 is 0 Å². The van der Waals surface area contributed by atoms with E-state index in [1.165, 1.54) is 7.11 Å². The number of hydrogen-bond acceptors (Lipinski definition) is 5. The zero-order valence-corrected chi connectivity index (χ0v) is 11.1. The van der Waals surface area contributed by atoms with E-state index in [1.54, 1.807) is 25.3 Å². The summed E-state index contributed by atoms with van der Waals surface area (Å²) in [4.78, 5) is 15.7. The molecule has 1 rings (SSSR count). The van der Waals surface area contributed by atoms with Crippen LogP contribution in [0.2, 0.25) is 0 Å². The summed E-state index contributed by atoms with van der Waals surface area (Å²) >= 11 is 0. The summed E-state index contributed by atoms with van der Waals surface area (Å²) in [6.45, 7) is 4.55. The molecule has 0 bridgehead atoms. The molecule has 0 spiro atoms. The molecule has 2 N–H and O–H groups in total. The summed E-state index contributed by atoms with van der Waals surface area (Å²) in [6, 6.07) is 3.37. The minimum Gasteiger partial charge on any atom is -0.465 e. The SMILES string of the molecule is CCC(C)(O)CNCc1ncccc1C(=O)OC. The number of carbonyl (C=O) groups is 1. The highest BCUT2D eigenvalue weighted by Crippen LogP contribution is 2.09. The Bertz CT molecular complexity index is 405. The minimum absolute atomic E-state index is 0.401. The third-order valence-electron chi connectivity index (χ3n) is 2.86. The van der Waals surface area contributed by atoms with Crippen LogP contribution in [-0.4, -0.2) is 35.3 Å². The molecule has 5 heteroatoms. The molecular weight excluding hydrogens is 232 g/mol. The average molecular weight is 252 g/mol. The van der Waals surface area contributed by atoms with Crippen LogP contribution in [0, 0.1) is 0 Å². The van der Waals surface area contributed by atoms with Crippen molar-refractivity contribution in [3.63, 3.8) is 0 Å². The summed E-state index contributed by atoms with van der Waals surface area (Å²) in [6.07, 6.45) is 2.29. The second-order valence-electron chi connectivity index (χ2n) is 4.44. The first-order valence-corrected chi connectivity index (χ1v) is 5.95. The van der Waals surface area contributed by atoms with Crippen molar-refractivity contribution in [1.82, 2.24) is 10.3 Å². The minimum atomic E-state index is -0.750. The topological polar surface area (TPSA) is 71.5 Å². The number of nitrogens with one attached hydrogen (secondary N) is 1. The van der Waals surface area contributed by atoms with Gasteiger partial charge in [-0.1, -0.05) is 6.92 Å². The lowest BCUT2D eigenvalue weighted by Crippen LogP contribution is -2.37. The van der Waals surface area contributed by atoms with Crippen LogP contribution in [0.25, 0.3) is 0 Å². The fourth-order valence-electron chi connectivity index (χ4n) is 1.45. The second kappa shape index (κ2) is 6.47. The van der Waals surface area contributed by atoms with Gasteiger partial charge in [0.2, 0.25) is 0 Å². The van der Waals surface area contributed by atoms with Crippen molar-refractivity contribution in [1.29, 1.82) is 0 Å². The molecule has 0 radical (unpaired) electrons. The number of aliphatic hydroxyl groups is 1. The van der Waals surface area contributed by atoms with Crippen molar-refractivity contribution in [2.45, 2.75) is 32.4 Å². The zero-order chi connectivity index (χ0) is 13.6. The van der Waals surface area contributed by atoms with Gasteiger partial charge in [0, 0.05) is 19.3 Å². The lowest BCUT2D eigenvalue weighted by molar-refractivity contribution is 0.0554. The molecule has 0 aliphatic rings. The molecule has 18 heavy (non-hydrogen) atoms. The van der Waals surface area contributed by atoms with E-state index in [1.807, 2.05) is 6.92 Å². The number of carbonyl (C=O) groups excluding carboxylic acids is 1. The predicted octanol–water partition coefficient (Wildman–Crippen LogP) is 1.12. The van der Waals surface area contributed by atoms with Crippen LogP contribution in [0.5, 0.6) is 0 Å². The third-order valence-corrected chi connectivity index (χ3v) is 2.86. The van der Waals surface area contributed by atoms with E-state index in [0.717, 1.165) is 0 Å². The van der Waals surface area contributed by atoms with Crippen LogP contribution in [0.3, 0.4) is 0 Å². The molecule has 0 fully saturated rings. The van der Waals surface area contributed by atoms with Crippen molar-refractivity contribution < 1.29 is 14.6 Å². The molecule has 1 atom stereocenters. The van der Waals surface area contributed by atoms with Crippen molar-refractivity contribution >= 4 is 5.97 Å². The van der Waals surface area contributed by atoms with Crippen molar-refractivity contribution in [3.05, 3.63) is 29.6 Å². The quantitative estimate of drug-likeness (QED) is 0.742. The van der Waals surface area contributed by atoms with Gasteiger partial charge in [0.15, 0.2) is 0 Å². The highest BCUT2D eigenvalue weighted by molar-refractivity contribution is 5.90. The number of esters is 1. The Morgan fingerprint density at radius 1 is 1.61 bits per heavy atom. The maximum Gasteiger partial charge on any atom is 0.339 e. The molecule has 0 saturated carbocycles. The fraction of sp³-hybridized carbons (Fsp3) is 0.538. The number of hydrogen-bond donors (Lipinski definition) is 2. The molecule has 0 aliphatic carbocycles. The molecule has 100 valence electrons. The van der Waals surface area contributed by atoms with Gasteiger partial charge in [-0.05, 0) is 25.5 Å². The Hall–Kier alpha value is -1.46. The fourth-order valence-corrected chi connectivity index (χ4v) is 1.45. The number of ether oxygens (including phenoxy) is 1. The Labute approximate surface area is 107 Å². The Balaban J connectivity index is 2.65. The first-order valence-electron chi connectivity index (χ1n) is 5.95. The van der Waals surface area contributed by atoms with Crippen LogP contribution in [-0.2, 0) is 11.3 Å². The van der Waals surface area contributed by atoms with E-state index in [9.17, 15) is 9.90 Å². The van der Waals surface area contributed by atoms with Crippen molar-refractivity contribution in [2.75, 3.05) is 13.7 Å². The van der Waals surface area contributed by atoms with Gasteiger partial charge in [0.05, 0.1) is 24.0 Å². The van der Waals surface area contributed by atoms with E-state index in [-0.39, 0.29) is 0 Å². The predicted molar refractivity (Wildman–Crippen MR) is 68.2 cm³/mol. The van der Waals surface area contributed by atoms with Gasteiger partial charge >= 0.3 is 5.97 Å².